The summed E-state index contributed by atoms with van der Waals surface area (Å²) >= 11 is 5.85. The number of nitrogens with zero attached hydrogens (tertiary/aromatic N) is 1. The third kappa shape index (κ3) is 4.28. The average Bonchev–Trinajstić information content (AvgIpc) is 3.11. The molecule has 31 heavy (non-hydrogen) atoms. The van der Waals surface area contributed by atoms with Gasteiger partial charge in [-0.3, -0.25) is 4.90 Å². The summed E-state index contributed by atoms with van der Waals surface area (Å²) in [5.41, 5.74) is 2.42. The Balaban J connectivity index is 1.29. The average molecular weight is 456 g/mol. The van der Waals surface area contributed by atoms with E-state index in [9.17, 15) is 8.42 Å². The fourth-order valence-corrected chi connectivity index (χ4v) is 5.40. The number of ether oxygens (including phenoxy) is 1. The summed E-state index contributed by atoms with van der Waals surface area (Å²) in [7, 11) is -3.94. The zero-order valence-electron chi connectivity index (χ0n) is 16.8. The van der Waals surface area contributed by atoms with Gasteiger partial charge in [0.05, 0.1) is 0 Å². The van der Waals surface area contributed by atoms with Crippen LogP contribution in [0.3, 0.4) is 0 Å². The fraction of sp³-hybridized carbons (Fsp3) is 0.250. The minimum atomic E-state index is -3.94. The Hall–Kier alpha value is -2.54. The molecule has 0 spiro atoms. The molecule has 0 radical (unpaired) electrons. The normalized spacial score (nSPS) is 20.5. The van der Waals surface area contributed by atoms with Gasteiger partial charge in [0.1, 0.15) is 22.5 Å². The fourth-order valence-electron chi connectivity index (χ4n) is 4.36. The highest BCUT2D eigenvalue weighted by atomic mass is 35.5. The second-order valence-corrected chi connectivity index (χ2v) is 9.95. The molecule has 2 heterocycles. The molecule has 3 aromatic carbocycles. The lowest BCUT2D eigenvalue weighted by Gasteiger charge is -2.34. The van der Waals surface area contributed by atoms with E-state index in [0.717, 1.165) is 31.6 Å². The Morgan fingerprint density at radius 2 is 1.81 bits per heavy atom. The van der Waals surface area contributed by atoms with Crippen LogP contribution in [0.1, 0.15) is 23.5 Å². The van der Waals surface area contributed by atoms with Crippen molar-refractivity contribution in [3.8, 4) is 11.5 Å². The maximum atomic E-state index is 12.6. The zero-order chi connectivity index (χ0) is 21.4. The Labute approximate surface area is 187 Å². The highest BCUT2D eigenvalue weighted by molar-refractivity contribution is 7.87. The van der Waals surface area contributed by atoms with E-state index in [-0.39, 0.29) is 16.7 Å². The molecule has 0 N–H and O–H groups in total. The van der Waals surface area contributed by atoms with Crippen LogP contribution in [0.2, 0.25) is 5.02 Å². The summed E-state index contributed by atoms with van der Waals surface area (Å²) in [5.74, 6) is 1.28. The van der Waals surface area contributed by atoms with Crippen molar-refractivity contribution in [2.45, 2.75) is 29.9 Å². The minimum absolute atomic E-state index is 0.0588. The molecule has 2 atom stereocenters. The number of piperidine rings is 1. The first-order valence-corrected chi connectivity index (χ1v) is 12.0. The molecular formula is C24H22ClNO4S. The molecule has 160 valence electrons. The van der Waals surface area contributed by atoms with E-state index in [0.29, 0.717) is 16.7 Å². The molecule has 1 saturated heterocycles. The number of fused-ring (bicyclic) bond motifs is 3. The molecular weight excluding hydrogens is 434 g/mol. The van der Waals surface area contributed by atoms with E-state index in [1.165, 1.54) is 29.8 Å². The minimum Gasteiger partial charge on any atom is -0.488 e. The van der Waals surface area contributed by atoms with Gasteiger partial charge in [-0.2, -0.15) is 8.42 Å². The summed E-state index contributed by atoms with van der Waals surface area (Å²) in [5, 5.41) is 0.466. The maximum Gasteiger partial charge on any atom is 0.339 e. The molecule has 2 unspecified atom stereocenters. The SMILES string of the molecule is O=S(=O)(Oc1ccc2c(c1)OC1CN(Cc3ccccc3)CCC21)c1ccc(Cl)cc1. The molecule has 0 aliphatic carbocycles. The van der Waals surface area contributed by atoms with Crippen molar-refractivity contribution in [2.75, 3.05) is 13.1 Å². The van der Waals surface area contributed by atoms with Crippen LogP contribution in [0.25, 0.3) is 0 Å². The molecule has 7 heteroatoms. The van der Waals surface area contributed by atoms with Gasteiger partial charge in [-0.05, 0) is 48.9 Å². The van der Waals surface area contributed by atoms with Crippen LogP contribution in [0.15, 0.2) is 77.7 Å². The van der Waals surface area contributed by atoms with Crippen molar-refractivity contribution < 1.29 is 17.3 Å². The summed E-state index contributed by atoms with van der Waals surface area (Å²) < 4.78 is 36.7. The summed E-state index contributed by atoms with van der Waals surface area (Å²) in [6.07, 6.45) is 1.07. The molecule has 3 aromatic rings. The molecule has 0 saturated carbocycles. The predicted molar refractivity (Wildman–Crippen MR) is 119 cm³/mol. The molecule has 5 nitrogen and oxygen atoms in total. The van der Waals surface area contributed by atoms with Crippen molar-refractivity contribution in [1.29, 1.82) is 0 Å². The van der Waals surface area contributed by atoms with Gasteiger partial charge in [0, 0.05) is 35.7 Å². The molecule has 0 bridgehead atoms. The summed E-state index contributed by atoms with van der Waals surface area (Å²) in [6.45, 7) is 2.74. The maximum absolute atomic E-state index is 12.6. The first kappa shape index (κ1) is 20.4. The van der Waals surface area contributed by atoms with Crippen LogP contribution >= 0.6 is 11.6 Å². The quantitative estimate of drug-likeness (QED) is 0.514. The first-order valence-electron chi connectivity index (χ1n) is 10.2. The smallest absolute Gasteiger partial charge is 0.339 e. The topological polar surface area (TPSA) is 55.8 Å². The van der Waals surface area contributed by atoms with Gasteiger partial charge in [-0.15, -0.1) is 0 Å². The number of hydrogen-bond donors (Lipinski definition) is 0. The lowest BCUT2D eigenvalue weighted by atomic mass is 9.88. The number of rotatable bonds is 5. The highest BCUT2D eigenvalue weighted by Gasteiger charge is 2.39. The summed E-state index contributed by atoms with van der Waals surface area (Å²) in [4.78, 5) is 2.47. The summed E-state index contributed by atoms with van der Waals surface area (Å²) in [6, 6.07) is 21.6. The van der Waals surface area contributed by atoms with Crippen LogP contribution in [0, 0.1) is 0 Å². The van der Waals surface area contributed by atoms with Gasteiger partial charge in [-0.25, -0.2) is 0 Å². The number of halogens is 1. The monoisotopic (exact) mass is 455 g/mol. The largest absolute Gasteiger partial charge is 0.488 e. The van der Waals surface area contributed by atoms with E-state index >= 15 is 0 Å². The lowest BCUT2D eigenvalue weighted by molar-refractivity contribution is 0.0873. The molecule has 2 aliphatic heterocycles. The molecule has 0 amide bonds. The van der Waals surface area contributed by atoms with Crippen LogP contribution in [0.4, 0.5) is 0 Å². The molecule has 1 fully saturated rings. The van der Waals surface area contributed by atoms with E-state index in [1.807, 2.05) is 12.1 Å². The second kappa shape index (κ2) is 8.19. The van der Waals surface area contributed by atoms with E-state index in [2.05, 4.69) is 29.2 Å². The van der Waals surface area contributed by atoms with Gasteiger partial charge in [-0.1, -0.05) is 48.0 Å². The van der Waals surface area contributed by atoms with Gasteiger partial charge < -0.3 is 8.92 Å². The third-order valence-corrected chi connectivity index (χ3v) is 7.38. The second-order valence-electron chi connectivity index (χ2n) is 7.96. The van der Waals surface area contributed by atoms with Crippen LogP contribution in [-0.2, 0) is 16.7 Å². The van der Waals surface area contributed by atoms with Gasteiger partial charge in [0.15, 0.2) is 0 Å². The molecule has 2 aliphatic rings. The Kier molecular flexibility index (Phi) is 5.38. The van der Waals surface area contributed by atoms with Crippen molar-refractivity contribution in [1.82, 2.24) is 4.90 Å². The van der Waals surface area contributed by atoms with Crippen LogP contribution in [-0.4, -0.2) is 32.5 Å². The number of likely N-dealkylation sites (tertiary alicyclic amines) is 1. The van der Waals surface area contributed by atoms with Crippen LogP contribution < -0.4 is 8.92 Å². The molecule has 5 rings (SSSR count). The van der Waals surface area contributed by atoms with Crippen molar-refractivity contribution in [2.24, 2.45) is 0 Å². The van der Waals surface area contributed by atoms with Crippen molar-refractivity contribution >= 4 is 21.7 Å². The zero-order valence-corrected chi connectivity index (χ0v) is 18.4. The van der Waals surface area contributed by atoms with Crippen molar-refractivity contribution in [3.05, 3.63) is 88.9 Å². The first-order chi connectivity index (χ1) is 15.0. The predicted octanol–water partition coefficient (Wildman–Crippen LogP) is 4.86. The van der Waals surface area contributed by atoms with Gasteiger partial charge >= 0.3 is 10.1 Å². The van der Waals surface area contributed by atoms with Gasteiger partial charge in [0.25, 0.3) is 0 Å². The Morgan fingerprint density at radius 1 is 1.03 bits per heavy atom. The van der Waals surface area contributed by atoms with Crippen LogP contribution in [0.5, 0.6) is 11.5 Å². The standard InChI is InChI=1S/C24H22ClNO4S/c25-18-6-9-20(10-7-18)31(27,28)30-19-8-11-21-22-12-13-26(15-17-4-2-1-3-5-17)16-24(22)29-23(21)14-19/h1-11,14,22,24H,12-13,15-16H2. The number of benzene rings is 3. The highest BCUT2D eigenvalue weighted by Crippen LogP contribution is 2.44. The lowest BCUT2D eigenvalue weighted by Crippen LogP contribution is -2.42. The molecule has 0 aromatic heterocycles. The Bertz CT molecular complexity index is 1180. The number of hydrogen-bond acceptors (Lipinski definition) is 5. The van der Waals surface area contributed by atoms with Gasteiger partial charge in [0.2, 0.25) is 0 Å². The third-order valence-electron chi connectivity index (χ3n) is 5.86. The van der Waals surface area contributed by atoms with Crippen molar-refractivity contribution in [3.63, 3.8) is 0 Å². The Morgan fingerprint density at radius 3 is 2.58 bits per heavy atom. The van der Waals surface area contributed by atoms with E-state index in [1.54, 1.807) is 12.1 Å². The van der Waals surface area contributed by atoms with E-state index in [4.69, 9.17) is 20.5 Å². The van der Waals surface area contributed by atoms with E-state index < -0.39 is 10.1 Å².